The number of amides is 1. The van der Waals surface area contributed by atoms with Crippen molar-refractivity contribution in [1.29, 1.82) is 0 Å². The number of nitrogens with zero attached hydrogens (tertiary/aromatic N) is 3. The number of morpholine rings is 1. The zero-order chi connectivity index (χ0) is 28.6. The lowest BCUT2D eigenvalue weighted by Gasteiger charge is -2.35. The first-order valence-electron chi connectivity index (χ1n) is 13.0. The van der Waals surface area contributed by atoms with Crippen molar-refractivity contribution in [2.75, 3.05) is 24.7 Å². The molecule has 2 N–H and O–H groups in total. The maximum Gasteiger partial charge on any atom is 0.326 e. The van der Waals surface area contributed by atoms with Crippen LogP contribution in [0.3, 0.4) is 0 Å². The molecule has 1 fully saturated rings. The normalized spacial score (nSPS) is 17.4. The van der Waals surface area contributed by atoms with Gasteiger partial charge < -0.3 is 24.8 Å². The van der Waals surface area contributed by atoms with Crippen LogP contribution in [0.15, 0.2) is 30.5 Å². The minimum absolute atomic E-state index is 0.0951. The molecule has 0 saturated carbocycles. The molecule has 3 aromatic rings. The summed E-state index contributed by atoms with van der Waals surface area (Å²) in [6.07, 6.45) is 1.64. The highest BCUT2D eigenvalue weighted by atomic mass is 19.1. The van der Waals surface area contributed by atoms with Crippen LogP contribution in [0, 0.1) is 25.5 Å². The summed E-state index contributed by atoms with van der Waals surface area (Å²) in [5.41, 5.74) is 4.35. The van der Waals surface area contributed by atoms with Gasteiger partial charge in [0.1, 0.15) is 23.2 Å². The predicted molar refractivity (Wildman–Crippen MR) is 142 cm³/mol. The highest BCUT2D eigenvalue weighted by Crippen LogP contribution is 2.33. The number of hydrogen-bond donors (Lipinski definition) is 2. The van der Waals surface area contributed by atoms with Gasteiger partial charge in [0.2, 0.25) is 0 Å². The summed E-state index contributed by atoms with van der Waals surface area (Å²) in [6, 6.07) is 4.21. The molecule has 1 amide bonds. The van der Waals surface area contributed by atoms with Crippen LogP contribution in [0.5, 0.6) is 0 Å². The topological polar surface area (TPSA) is 114 Å². The van der Waals surface area contributed by atoms with Crippen molar-refractivity contribution >= 4 is 17.6 Å². The van der Waals surface area contributed by atoms with Crippen molar-refractivity contribution < 1.29 is 33.0 Å². The van der Waals surface area contributed by atoms with Crippen molar-refractivity contribution in [1.82, 2.24) is 15.3 Å². The molecule has 2 aliphatic heterocycles. The van der Waals surface area contributed by atoms with Crippen LogP contribution in [0.2, 0.25) is 0 Å². The number of hydrogen-bond acceptors (Lipinski definition) is 7. The number of ether oxygens (including phenoxy) is 2. The molecule has 2 atom stereocenters. The van der Waals surface area contributed by atoms with Crippen LogP contribution >= 0.6 is 0 Å². The van der Waals surface area contributed by atoms with Gasteiger partial charge in [0.15, 0.2) is 5.82 Å². The van der Waals surface area contributed by atoms with Gasteiger partial charge in [-0.15, -0.1) is 0 Å². The highest BCUT2D eigenvalue weighted by molar-refractivity contribution is 5.97. The van der Waals surface area contributed by atoms with E-state index in [1.165, 1.54) is 0 Å². The third-order valence-electron chi connectivity index (χ3n) is 7.47. The third kappa shape index (κ3) is 5.39. The number of aryl methyl sites for hydroxylation is 2. The van der Waals surface area contributed by atoms with E-state index in [-0.39, 0.29) is 19.1 Å². The van der Waals surface area contributed by atoms with Crippen molar-refractivity contribution in [2.45, 2.75) is 52.5 Å². The van der Waals surface area contributed by atoms with Gasteiger partial charge in [0.05, 0.1) is 26.4 Å². The third-order valence-corrected chi connectivity index (χ3v) is 7.47. The van der Waals surface area contributed by atoms with Crippen molar-refractivity contribution in [2.24, 2.45) is 0 Å². The molecule has 0 spiro atoms. The summed E-state index contributed by atoms with van der Waals surface area (Å²) in [7, 11) is 0. The largest absolute Gasteiger partial charge is 0.480 e. The molecule has 40 heavy (non-hydrogen) atoms. The van der Waals surface area contributed by atoms with Crippen LogP contribution in [-0.2, 0) is 33.9 Å². The summed E-state index contributed by atoms with van der Waals surface area (Å²) in [5.74, 6) is -4.07. The Bertz CT molecular complexity index is 1460. The molecule has 3 heterocycles. The predicted octanol–water partition coefficient (Wildman–Crippen LogP) is 3.72. The summed E-state index contributed by atoms with van der Waals surface area (Å²) >= 11 is 0. The molecule has 2 aromatic carbocycles. The molecule has 1 aromatic heterocycles. The summed E-state index contributed by atoms with van der Waals surface area (Å²) in [4.78, 5) is 35.9. The number of aromatic nitrogens is 2. The van der Waals surface area contributed by atoms with E-state index < -0.39 is 35.1 Å². The molecule has 0 bridgehead atoms. The Hall–Kier alpha value is -3.96. The van der Waals surface area contributed by atoms with Gasteiger partial charge in [-0.1, -0.05) is 12.1 Å². The molecule has 9 nitrogen and oxygen atoms in total. The molecular formula is C29H30F2N4O5. The Morgan fingerprint density at radius 2 is 1.88 bits per heavy atom. The van der Waals surface area contributed by atoms with E-state index in [1.807, 2.05) is 20.8 Å². The number of fused-ring (bicyclic) bond motifs is 1. The van der Waals surface area contributed by atoms with Crippen molar-refractivity contribution in [3.63, 3.8) is 0 Å². The number of anilines is 1. The Balaban J connectivity index is 1.38. The second-order valence-corrected chi connectivity index (χ2v) is 10.2. The standard InChI is InChI=1S/C29H30F2N4O5/c1-15-11-32-27(33-17(15)3)20-5-4-18(21-13-40-14-22(20)21)8-25(29(37)38)34-28(36)26-23(30)9-19(10-24(26)31)35-6-7-39-12-16(35)2/h4-5,9-11,16,25H,6-8,12-14H2,1-3H3,(H,34,36)(H,37,38)/t16-,25-/m0/s1. The Labute approximate surface area is 230 Å². The number of halogens is 2. The maximum atomic E-state index is 15.0. The first-order valence-corrected chi connectivity index (χ1v) is 13.0. The van der Waals surface area contributed by atoms with Crippen LogP contribution < -0.4 is 10.2 Å². The molecule has 1 saturated heterocycles. The second-order valence-electron chi connectivity index (χ2n) is 10.2. The van der Waals surface area contributed by atoms with Crippen LogP contribution in [-0.4, -0.2) is 58.8 Å². The fourth-order valence-electron chi connectivity index (χ4n) is 5.10. The molecule has 0 aliphatic carbocycles. The van der Waals surface area contributed by atoms with E-state index in [4.69, 9.17) is 9.47 Å². The Kier molecular flexibility index (Phi) is 7.77. The van der Waals surface area contributed by atoms with E-state index in [0.29, 0.717) is 43.4 Å². The van der Waals surface area contributed by atoms with Crippen LogP contribution in [0.4, 0.5) is 14.5 Å². The lowest BCUT2D eigenvalue weighted by Crippen LogP contribution is -2.44. The highest BCUT2D eigenvalue weighted by Gasteiger charge is 2.30. The van der Waals surface area contributed by atoms with Crippen LogP contribution in [0.25, 0.3) is 11.4 Å². The second kappa shape index (κ2) is 11.3. The first kappa shape index (κ1) is 27.6. The fourth-order valence-corrected chi connectivity index (χ4v) is 5.10. The smallest absolute Gasteiger partial charge is 0.326 e. The van der Waals surface area contributed by atoms with Gasteiger partial charge in [-0.25, -0.2) is 23.5 Å². The first-order chi connectivity index (χ1) is 19.1. The molecule has 0 radical (unpaired) electrons. The quantitative estimate of drug-likeness (QED) is 0.456. The van der Waals surface area contributed by atoms with Gasteiger partial charge in [0, 0.05) is 42.1 Å². The summed E-state index contributed by atoms with van der Waals surface area (Å²) in [5, 5.41) is 12.2. The molecule has 210 valence electrons. The Morgan fingerprint density at radius 1 is 1.15 bits per heavy atom. The fraction of sp³-hybridized carbons (Fsp3) is 0.379. The van der Waals surface area contributed by atoms with Gasteiger partial charge >= 0.3 is 5.97 Å². The Morgan fingerprint density at radius 3 is 2.55 bits per heavy atom. The average molecular weight is 553 g/mol. The molecule has 11 heteroatoms. The molecular weight excluding hydrogens is 522 g/mol. The number of carbonyl (C=O) groups excluding carboxylic acids is 1. The lowest BCUT2D eigenvalue weighted by molar-refractivity contribution is -0.139. The monoisotopic (exact) mass is 552 g/mol. The van der Waals surface area contributed by atoms with E-state index in [9.17, 15) is 14.7 Å². The van der Waals surface area contributed by atoms with Gasteiger partial charge in [-0.2, -0.15) is 0 Å². The van der Waals surface area contributed by atoms with E-state index in [0.717, 1.165) is 40.1 Å². The number of carbonyl (C=O) groups is 2. The molecule has 5 rings (SSSR count). The minimum Gasteiger partial charge on any atom is -0.480 e. The van der Waals surface area contributed by atoms with E-state index in [1.54, 1.807) is 23.2 Å². The number of carboxylic acid groups (broad SMARTS) is 1. The number of aliphatic carboxylic acids is 1. The molecule has 2 aliphatic rings. The minimum atomic E-state index is -1.43. The van der Waals surface area contributed by atoms with Crippen LogP contribution in [0.1, 0.15) is 45.2 Å². The van der Waals surface area contributed by atoms with Crippen molar-refractivity contribution in [3.05, 3.63) is 75.6 Å². The maximum absolute atomic E-state index is 15.0. The van der Waals surface area contributed by atoms with E-state index in [2.05, 4.69) is 15.3 Å². The molecule has 0 unspecified atom stereocenters. The SMILES string of the molecule is Cc1cnc(-c2ccc(C[C@H](NC(=O)c3c(F)cc(N4CCOC[C@@H]4C)cc3F)C(=O)O)c3c2COC3)nc1C. The summed E-state index contributed by atoms with van der Waals surface area (Å²) in [6.45, 7) is 7.55. The van der Waals surface area contributed by atoms with E-state index >= 15 is 8.78 Å². The zero-order valence-electron chi connectivity index (χ0n) is 22.5. The average Bonchev–Trinajstić information content (AvgIpc) is 3.40. The zero-order valence-corrected chi connectivity index (χ0v) is 22.5. The van der Waals surface area contributed by atoms with Gasteiger partial charge in [-0.3, -0.25) is 4.79 Å². The number of nitrogens with one attached hydrogen (secondary N) is 1. The van der Waals surface area contributed by atoms with Gasteiger partial charge in [-0.05, 0) is 55.2 Å². The number of carboxylic acids is 1. The van der Waals surface area contributed by atoms with Crippen molar-refractivity contribution in [3.8, 4) is 11.4 Å². The number of benzene rings is 2. The summed E-state index contributed by atoms with van der Waals surface area (Å²) < 4.78 is 41.1. The van der Waals surface area contributed by atoms with Gasteiger partial charge in [0.25, 0.3) is 5.91 Å². The lowest BCUT2D eigenvalue weighted by atomic mass is 9.93. The number of rotatable bonds is 7.